The van der Waals surface area contributed by atoms with Gasteiger partial charge in [0.2, 0.25) is 0 Å². The molecule has 0 bridgehead atoms. The Hall–Kier alpha value is -2.40. The number of amides is 1. The molecule has 25 heavy (non-hydrogen) atoms. The van der Waals surface area contributed by atoms with E-state index in [2.05, 4.69) is 42.9 Å². The smallest absolute Gasteiger partial charge is 0.266 e. The van der Waals surface area contributed by atoms with E-state index in [1.54, 1.807) is 24.3 Å². The van der Waals surface area contributed by atoms with E-state index in [-0.39, 0.29) is 11.3 Å². The quantitative estimate of drug-likeness (QED) is 0.742. The number of benzene rings is 1. The molecule has 0 aliphatic carbocycles. The van der Waals surface area contributed by atoms with Gasteiger partial charge in [-0.15, -0.1) is 0 Å². The summed E-state index contributed by atoms with van der Waals surface area (Å²) in [5, 5.41) is 0.689. The van der Waals surface area contributed by atoms with Gasteiger partial charge >= 0.3 is 0 Å². The van der Waals surface area contributed by atoms with Crippen LogP contribution in [0.4, 0.5) is 5.69 Å². The largest absolute Gasteiger partial charge is 0.290 e. The van der Waals surface area contributed by atoms with E-state index in [0.717, 1.165) is 11.3 Å². The first-order valence-corrected chi connectivity index (χ1v) is 8.93. The highest BCUT2D eigenvalue weighted by Gasteiger charge is 2.30. The van der Waals surface area contributed by atoms with Gasteiger partial charge in [0.15, 0.2) is 5.17 Å². The highest BCUT2D eigenvalue weighted by molar-refractivity contribution is 8.18. The second kappa shape index (κ2) is 6.84. The van der Waals surface area contributed by atoms with Gasteiger partial charge in [-0.1, -0.05) is 32.9 Å². The molecule has 1 aromatic heterocycles. The molecule has 2 heterocycles. The molecule has 5 heteroatoms. The lowest BCUT2D eigenvalue weighted by Crippen LogP contribution is -2.23. The fourth-order valence-electron chi connectivity index (χ4n) is 2.41. The van der Waals surface area contributed by atoms with Crippen molar-refractivity contribution in [2.75, 3.05) is 7.05 Å². The first kappa shape index (κ1) is 17.4. The molecular formula is C20H21N3OS. The van der Waals surface area contributed by atoms with E-state index in [1.165, 1.54) is 17.3 Å². The monoisotopic (exact) mass is 351 g/mol. The Morgan fingerprint density at radius 2 is 1.72 bits per heavy atom. The first-order valence-electron chi connectivity index (χ1n) is 8.11. The number of hydrogen-bond acceptors (Lipinski definition) is 4. The number of pyridine rings is 1. The van der Waals surface area contributed by atoms with Crippen LogP contribution in [0.25, 0.3) is 6.08 Å². The number of thioether (sulfide) groups is 1. The van der Waals surface area contributed by atoms with Crippen LogP contribution in [0.15, 0.2) is 58.7 Å². The Kier molecular flexibility index (Phi) is 4.77. The maximum absolute atomic E-state index is 12.4. The van der Waals surface area contributed by atoms with Gasteiger partial charge in [0, 0.05) is 19.4 Å². The van der Waals surface area contributed by atoms with Crippen molar-refractivity contribution in [1.29, 1.82) is 0 Å². The van der Waals surface area contributed by atoms with Crippen molar-refractivity contribution < 1.29 is 4.79 Å². The molecule has 0 atom stereocenters. The van der Waals surface area contributed by atoms with Crippen molar-refractivity contribution in [2.24, 2.45) is 4.99 Å². The molecule has 1 amide bonds. The Balaban J connectivity index is 1.84. The second-order valence-electron chi connectivity index (χ2n) is 6.95. The van der Waals surface area contributed by atoms with Crippen molar-refractivity contribution in [2.45, 2.75) is 26.2 Å². The molecule has 128 valence electrons. The van der Waals surface area contributed by atoms with Gasteiger partial charge < -0.3 is 0 Å². The molecule has 0 N–H and O–H groups in total. The molecule has 1 fully saturated rings. The zero-order valence-corrected chi connectivity index (χ0v) is 15.7. The number of rotatable bonds is 2. The lowest BCUT2D eigenvalue weighted by Gasteiger charge is -2.18. The standard InChI is InChI=1S/C20H21N3OS/c1-20(2,3)15-5-7-16(8-6-15)22-19-23(4)18(24)17(25-19)13-14-9-11-21-12-10-14/h5-13H,1-4H3/b17-13-,22-19?. The molecule has 1 aliphatic heterocycles. The minimum Gasteiger partial charge on any atom is -0.290 e. The molecule has 4 nitrogen and oxygen atoms in total. The Morgan fingerprint density at radius 3 is 2.32 bits per heavy atom. The van der Waals surface area contributed by atoms with Crippen molar-refractivity contribution >= 4 is 34.6 Å². The van der Waals surface area contributed by atoms with Crippen LogP contribution in [0.2, 0.25) is 0 Å². The molecular weight excluding hydrogens is 330 g/mol. The van der Waals surface area contributed by atoms with E-state index < -0.39 is 0 Å². The number of carbonyl (C=O) groups excluding carboxylic acids is 1. The zero-order chi connectivity index (χ0) is 18.0. The lowest BCUT2D eigenvalue weighted by atomic mass is 9.87. The van der Waals surface area contributed by atoms with Crippen LogP contribution in [0.5, 0.6) is 0 Å². The molecule has 2 aromatic rings. The summed E-state index contributed by atoms with van der Waals surface area (Å²) in [4.78, 5) is 23.3. The number of carbonyl (C=O) groups is 1. The summed E-state index contributed by atoms with van der Waals surface area (Å²) in [5.41, 5.74) is 3.18. The van der Waals surface area contributed by atoms with Crippen molar-refractivity contribution in [3.63, 3.8) is 0 Å². The van der Waals surface area contributed by atoms with E-state index in [0.29, 0.717) is 10.1 Å². The van der Waals surface area contributed by atoms with Gasteiger partial charge in [0.05, 0.1) is 10.6 Å². The van der Waals surface area contributed by atoms with Crippen LogP contribution in [0, 0.1) is 0 Å². The summed E-state index contributed by atoms with van der Waals surface area (Å²) in [5.74, 6) is -0.0353. The predicted octanol–water partition coefficient (Wildman–Crippen LogP) is 4.61. The predicted molar refractivity (Wildman–Crippen MR) is 105 cm³/mol. The minimum atomic E-state index is -0.0353. The Labute approximate surface area is 152 Å². The summed E-state index contributed by atoms with van der Waals surface area (Å²) < 4.78 is 0. The summed E-state index contributed by atoms with van der Waals surface area (Å²) >= 11 is 1.39. The maximum Gasteiger partial charge on any atom is 0.266 e. The first-order chi connectivity index (χ1) is 11.8. The normalized spacial score (nSPS) is 18.4. The number of aromatic nitrogens is 1. The average Bonchev–Trinajstić information content (AvgIpc) is 2.84. The van der Waals surface area contributed by atoms with Crippen molar-refractivity contribution in [3.8, 4) is 0 Å². The highest BCUT2D eigenvalue weighted by atomic mass is 32.2. The third-order valence-electron chi connectivity index (χ3n) is 3.97. The number of likely N-dealkylation sites (N-methyl/N-ethyl adjacent to an activating group) is 1. The van der Waals surface area contributed by atoms with Gasteiger partial charge in [0.1, 0.15) is 0 Å². The van der Waals surface area contributed by atoms with Crippen LogP contribution in [-0.2, 0) is 10.2 Å². The van der Waals surface area contributed by atoms with Crippen molar-refractivity contribution in [1.82, 2.24) is 9.88 Å². The van der Waals surface area contributed by atoms with Gasteiger partial charge in [-0.05, 0) is 58.6 Å². The van der Waals surface area contributed by atoms with E-state index in [1.807, 2.05) is 30.3 Å². The lowest BCUT2D eigenvalue weighted by molar-refractivity contribution is -0.121. The van der Waals surface area contributed by atoms with Crippen LogP contribution < -0.4 is 0 Å². The Bertz CT molecular complexity index is 833. The zero-order valence-electron chi connectivity index (χ0n) is 14.9. The molecule has 0 spiro atoms. The summed E-state index contributed by atoms with van der Waals surface area (Å²) in [6, 6.07) is 11.9. The molecule has 3 rings (SSSR count). The third kappa shape index (κ3) is 3.99. The SMILES string of the molecule is CN1C(=O)/C(=C/c2ccncc2)SC1=Nc1ccc(C(C)(C)C)cc1. The maximum atomic E-state index is 12.4. The van der Waals surface area contributed by atoms with E-state index in [9.17, 15) is 4.79 Å². The van der Waals surface area contributed by atoms with Crippen LogP contribution in [0.1, 0.15) is 31.9 Å². The molecule has 1 saturated heterocycles. The van der Waals surface area contributed by atoms with Crippen molar-refractivity contribution in [3.05, 3.63) is 64.8 Å². The summed E-state index contributed by atoms with van der Waals surface area (Å²) in [7, 11) is 1.76. The molecule has 0 saturated carbocycles. The number of aliphatic imine (C=N–C) groups is 1. The third-order valence-corrected chi connectivity index (χ3v) is 5.03. The minimum absolute atomic E-state index is 0.0353. The number of amidine groups is 1. The van der Waals surface area contributed by atoms with Crippen LogP contribution in [-0.4, -0.2) is 28.0 Å². The average molecular weight is 351 g/mol. The fraction of sp³-hybridized carbons (Fsp3) is 0.250. The van der Waals surface area contributed by atoms with Gasteiger partial charge in [-0.25, -0.2) is 4.99 Å². The van der Waals surface area contributed by atoms with Gasteiger partial charge in [0.25, 0.3) is 5.91 Å². The van der Waals surface area contributed by atoms with Crippen LogP contribution >= 0.6 is 11.8 Å². The van der Waals surface area contributed by atoms with E-state index >= 15 is 0 Å². The molecule has 1 aromatic carbocycles. The summed E-state index contributed by atoms with van der Waals surface area (Å²) in [6.45, 7) is 6.55. The topological polar surface area (TPSA) is 45.6 Å². The van der Waals surface area contributed by atoms with Gasteiger partial charge in [-0.3, -0.25) is 14.7 Å². The molecule has 1 aliphatic rings. The highest BCUT2D eigenvalue weighted by Crippen LogP contribution is 2.33. The number of hydrogen-bond donors (Lipinski definition) is 0. The number of nitrogens with zero attached hydrogens (tertiary/aromatic N) is 3. The Morgan fingerprint density at radius 1 is 1.08 bits per heavy atom. The fourth-order valence-corrected chi connectivity index (χ4v) is 3.40. The molecule has 0 unspecified atom stereocenters. The summed E-state index contributed by atoms with van der Waals surface area (Å²) in [6.07, 6.45) is 5.30. The van der Waals surface area contributed by atoms with E-state index in [4.69, 9.17) is 0 Å². The molecule has 0 radical (unpaired) electrons. The van der Waals surface area contributed by atoms with Gasteiger partial charge in [-0.2, -0.15) is 0 Å². The second-order valence-corrected chi connectivity index (χ2v) is 7.96. The van der Waals surface area contributed by atoms with Crippen LogP contribution in [0.3, 0.4) is 0 Å².